The molecule has 0 fully saturated rings. The maximum atomic E-state index is 6.35. The molecule has 3 aromatic carbocycles. The van der Waals surface area contributed by atoms with Gasteiger partial charge in [-0.05, 0) is 41.1 Å². The largest absolute Gasteiger partial charge is 0.324 e. The topological polar surface area (TPSA) is 26.0 Å². The summed E-state index contributed by atoms with van der Waals surface area (Å²) in [4.78, 5) is 0. The predicted octanol–water partition coefficient (Wildman–Crippen LogP) is 5.83. The van der Waals surface area contributed by atoms with E-state index in [1.54, 1.807) is 0 Å². The molecule has 106 valence electrons. The minimum absolute atomic E-state index is 0.0755. The van der Waals surface area contributed by atoms with Gasteiger partial charge in [0.15, 0.2) is 0 Å². The third-order valence-electron chi connectivity index (χ3n) is 3.67. The molecule has 1 unspecified atom stereocenters. The highest BCUT2D eigenvalue weighted by Gasteiger charge is 2.10. The first-order valence-electron chi connectivity index (χ1n) is 6.80. The van der Waals surface area contributed by atoms with Crippen molar-refractivity contribution in [3.63, 3.8) is 0 Å². The molecule has 3 heteroatoms. The van der Waals surface area contributed by atoms with Crippen LogP contribution in [0.25, 0.3) is 21.9 Å². The molecule has 0 aliphatic carbocycles. The highest BCUT2D eigenvalue weighted by Crippen LogP contribution is 2.35. The van der Waals surface area contributed by atoms with E-state index in [1.807, 2.05) is 49.4 Å². The fraction of sp³-hybridized carbons (Fsp3) is 0.111. The molecule has 0 saturated carbocycles. The van der Waals surface area contributed by atoms with E-state index in [1.165, 1.54) is 0 Å². The van der Waals surface area contributed by atoms with Crippen LogP contribution < -0.4 is 5.73 Å². The highest BCUT2D eigenvalue weighted by molar-refractivity contribution is 6.36. The predicted molar refractivity (Wildman–Crippen MR) is 92.0 cm³/mol. The van der Waals surface area contributed by atoms with Crippen LogP contribution in [0.2, 0.25) is 10.0 Å². The second kappa shape index (κ2) is 5.69. The van der Waals surface area contributed by atoms with Crippen LogP contribution in [-0.2, 0) is 0 Å². The molecule has 0 heterocycles. The number of rotatable bonds is 2. The van der Waals surface area contributed by atoms with Gasteiger partial charge in [0.25, 0.3) is 0 Å². The Morgan fingerprint density at radius 1 is 0.857 bits per heavy atom. The lowest BCUT2D eigenvalue weighted by atomic mass is 9.96. The minimum atomic E-state index is -0.0755. The summed E-state index contributed by atoms with van der Waals surface area (Å²) in [5, 5.41) is 3.62. The Balaban J connectivity index is 2.22. The van der Waals surface area contributed by atoms with E-state index in [4.69, 9.17) is 28.9 Å². The average molecular weight is 316 g/mol. The molecular formula is C18H15Cl2N. The third-order valence-corrected chi connectivity index (χ3v) is 4.33. The second-order valence-corrected chi connectivity index (χ2v) is 5.98. The number of benzene rings is 3. The molecule has 0 aliphatic heterocycles. The van der Waals surface area contributed by atoms with Gasteiger partial charge in [-0.15, -0.1) is 0 Å². The summed E-state index contributed by atoms with van der Waals surface area (Å²) in [7, 11) is 0. The summed E-state index contributed by atoms with van der Waals surface area (Å²) >= 11 is 12.6. The Hall–Kier alpha value is -1.54. The number of halogens is 2. The lowest BCUT2D eigenvalue weighted by Gasteiger charge is -2.12. The van der Waals surface area contributed by atoms with Crippen molar-refractivity contribution in [3.8, 4) is 11.1 Å². The molecule has 0 aromatic heterocycles. The van der Waals surface area contributed by atoms with Gasteiger partial charge in [0.1, 0.15) is 0 Å². The van der Waals surface area contributed by atoms with Crippen LogP contribution in [-0.4, -0.2) is 0 Å². The van der Waals surface area contributed by atoms with Gasteiger partial charge in [0, 0.05) is 21.5 Å². The van der Waals surface area contributed by atoms with Crippen molar-refractivity contribution in [2.75, 3.05) is 0 Å². The number of nitrogens with two attached hydrogens (primary N) is 1. The van der Waals surface area contributed by atoms with E-state index in [0.29, 0.717) is 5.02 Å². The lowest BCUT2D eigenvalue weighted by Crippen LogP contribution is -2.05. The van der Waals surface area contributed by atoms with Crippen molar-refractivity contribution >= 4 is 34.0 Å². The van der Waals surface area contributed by atoms with Crippen molar-refractivity contribution in [2.45, 2.75) is 13.0 Å². The molecular weight excluding hydrogens is 301 g/mol. The lowest BCUT2D eigenvalue weighted by molar-refractivity contribution is 0.819. The summed E-state index contributed by atoms with van der Waals surface area (Å²) in [5.41, 5.74) is 9.05. The Kier molecular flexibility index (Phi) is 3.90. The van der Waals surface area contributed by atoms with E-state index in [2.05, 4.69) is 12.1 Å². The average Bonchev–Trinajstić information content (AvgIpc) is 2.47. The first-order chi connectivity index (χ1) is 10.1. The molecule has 2 N–H and O–H groups in total. The van der Waals surface area contributed by atoms with Gasteiger partial charge in [-0.25, -0.2) is 0 Å². The first-order valence-corrected chi connectivity index (χ1v) is 7.56. The molecule has 0 saturated heterocycles. The number of hydrogen-bond acceptors (Lipinski definition) is 1. The van der Waals surface area contributed by atoms with Gasteiger partial charge >= 0.3 is 0 Å². The monoisotopic (exact) mass is 315 g/mol. The summed E-state index contributed by atoms with van der Waals surface area (Å²) in [6.45, 7) is 1.93. The fourth-order valence-electron chi connectivity index (χ4n) is 2.58. The molecule has 3 rings (SSSR count). The van der Waals surface area contributed by atoms with Crippen LogP contribution in [0.3, 0.4) is 0 Å². The zero-order valence-corrected chi connectivity index (χ0v) is 13.1. The number of fused-ring (bicyclic) bond motifs is 1. The van der Waals surface area contributed by atoms with Crippen molar-refractivity contribution in [1.29, 1.82) is 0 Å². The van der Waals surface area contributed by atoms with Crippen LogP contribution >= 0.6 is 23.2 Å². The van der Waals surface area contributed by atoms with Gasteiger partial charge in [-0.3, -0.25) is 0 Å². The van der Waals surface area contributed by atoms with E-state index in [-0.39, 0.29) is 6.04 Å². The van der Waals surface area contributed by atoms with Crippen LogP contribution in [0.1, 0.15) is 18.5 Å². The molecule has 3 aromatic rings. The smallest absolute Gasteiger partial charge is 0.0484 e. The van der Waals surface area contributed by atoms with Gasteiger partial charge in [-0.1, -0.05) is 65.7 Å². The molecule has 0 amide bonds. The van der Waals surface area contributed by atoms with Crippen LogP contribution in [0.15, 0.2) is 54.6 Å². The Bertz CT molecular complexity index is 809. The van der Waals surface area contributed by atoms with Crippen LogP contribution in [0.5, 0.6) is 0 Å². The first kappa shape index (κ1) is 14.4. The molecule has 1 atom stereocenters. The summed E-state index contributed by atoms with van der Waals surface area (Å²) < 4.78 is 0. The van der Waals surface area contributed by atoms with Crippen molar-refractivity contribution in [3.05, 3.63) is 70.2 Å². The third kappa shape index (κ3) is 2.65. The Labute approximate surface area is 134 Å². The van der Waals surface area contributed by atoms with Gasteiger partial charge in [-0.2, -0.15) is 0 Å². The van der Waals surface area contributed by atoms with Crippen molar-refractivity contribution in [2.24, 2.45) is 5.73 Å². The van der Waals surface area contributed by atoms with Crippen LogP contribution in [0.4, 0.5) is 0 Å². The standard InChI is InChI=1S/C18H15Cl2N/c1-11(21)13-7-6-12(10-18(13)20)14-8-9-17(19)16-5-3-2-4-15(14)16/h2-11H,21H2,1H3. The number of hydrogen-bond donors (Lipinski definition) is 1. The maximum absolute atomic E-state index is 6.35. The van der Waals surface area contributed by atoms with Gasteiger partial charge in [0.2, 0.25) is 0 Å². The van der Waals surface area contributed by atoms with E-state index >= 15 is 0 Å². The molecule has 21 heavy (non-hydrogen) atoms. The quantitative estimate of drug-likeness (QED) is 0.632. The summed E-state index contributed by atoms with van der Waals surface area (Å²) in [6, 6.07) is 18.0. The van der Waals surface area contributed by atoms with Crippen molar-refractivity contribution in [1.82, 2.24) is 0 Å². The minimum Gasteiger partial charge on any atom is -0.324 e. The summed E-state index contributed by atoms with van der Waals surface area (Å²) in [6.07, 6.45) is 0. The van der Waals surface area contributed by atoms with Gasteiger partial charge in [0.05, 0.1) is 0 Å². The van der Waals surface area contributed by atoms with Crippen molar-refractivity contribution < 1.29 is 0 Å². The van der Waals surface area contributed by atoms with Crippen LogP contribution in [0, 0.1) is 0 Å². The Morgan fingerprint density at radius 3 is 2.24 bits per heavy atom. The normalized spacial score (nSPS) is 12.6. The maximum Gasteiger partial charge on any atom is 0.0484 e. The fourth-order valence-corrected chi connectivity index (χ4v) is 3.16. The summed E-state index contributed by atoms with van der Waals surface area (Å²) in [5.74, 6) is 0. The molecule has 0 radical (unpaired) electrons. The molecule has 0 aliphatic rings. The van der Waals surface area contributed by atoms with Gasteiger partial charge < -0.3 is 5.73 Å². The van der Waals surface area contributed by atoms with E-state index in [9.17, 15) is 0 Å². The molecule has 0 spiro atoms. The highest BCUT2D eigenvalue weighted by atomic mass is 35.5. The van der Waals surface area contributed by atoms with E-state index < -0.39 is 0 Å². The molecule has 0 bridgehead atoms. The van der Waals surface area contributed by atoms with E-state index in [0.717, 1.165) is 32.5 Å². The zero-order chi connectivity index (χ0) is 15.0. The SMILES string of the molecule is CC(N)c1ccc(-c2ccc(Cl)c3ccccc23)cc1Cl. The zero-order valence-electron chi connectivity index (χ0n) is 11.6. The second-order valence-electron chi connectivity index (χ2n) is 5.17. The molecule has 1 nitrogen and oxygen atoms in total. The Morgan fingerprint density at radius 2 is 1.57 bits per heavy atom.